The number of methoxy groups -OCH3 is 2. The standard InChI is InChI=1S/C68H99ClN6O14/c1-18-50(42-52(87-65(82)72-43(2)3)28-24-38-71-62(79)60(68(13,14)15)75-58(77)30-22-20-26-45(5)40-47(7)54-34-36-56(85-17)64(81)89-54)41-49(9)73-66(83)86-51(32-31-48(8)69)27-23-37-70-61(78)59(67(10,11)12)74-57(76)29-21-19-25-44(4)39-46(6)53-33-35-55(84-16)63(80)88-53/h18-26,29-31,35-40,43,46-47,49,51-54,59-60H,27-28,32-34,41-42H2,1-17H3,(H,70,78)(H,71,79)(H,72,82)(H,73,83)(H,74,76)(H,75,77)/b25-19+,26-20+,29-21+,30-22+,37-23-,38-24-,44-39+,45-40+,48-31+,50-18-. The van der Waals surface area contributed by atoms with E-state index < -0.39 is 88.9 Å². The van der Waals surface area contributed by atoms with Crippen LogP contribution in [0.1, 0.15) is 149 Å². The molecule has 0 aromatic rings. The van der Waals surface area contributed by atoms with Crippen molar-refractivity contribution in [3.63, 3.8) is 0 Å². The highest BCUT2D eigenvalue weighted by molar-refractivity contribution is 6.29. The maximum absolute atomic E-state index is 13.6. The van der Waals surface area contributed by atoms with E-state index in [1.165, 1.54) is 38.8 Å². The van der Waals surface area contributed by atoms with Crippen LogP contribution in [-0.4, -0.2) is 111 Å². The van der Waals surface area contributed by atoms with Gasteiger partial charge in [0, 0.05) is 79.6 Å². The van der Waals surface area contributed by atoms with Gasteiger partial charge in [-0.15, -0.1) is 0 Å². The van der Waals surface area contributed by atoms with Crippen LogP contribution in [0.5, 0.6) is 0 Å². The van der Waals surface area contributed by atoms with Crippen molar-refractivity contribution in [2.75, 3.05) is 14.2 Å². The number of nitrogens with one attached hydrogen (secondary N) is 6. The van der Waals surface area contributed by atoms with E-state index in [0.29, 0.717) is 30.7 Å². The van der Waals surface area contributed by atoms with Crippen LogP contribution in [0.4, 0.5) is 9.59 Å². The number of hydrogen-bond acceptors (Lipinski definition) is 14. The van der Waals surface area contributed by atoms with Crippen molar-refractivity contribution in [3.8, 4) is 0 Å². The summed E-state index contributed by atoms with van der Waals surface area (Å²) in [7, 11) is 2.85. The number of cyclic esters (lactones) is 2. The smallest absolute Gasteiger partial charge is 0.407 e. The van der Waals surface area contributed by atoms with Crippen LogP contribution in [0.2, 0.25) is 0 Å². The molecule has 0 spiro atoms. The van der Waals surface area contributed by atoms with Gasteiger partial charge >= 0.3 is 24.1 Å². The molecule has 2 aliphatic heterocycles. The fourth-order valence-electron chi connectivity index (χ4n) is 9.08. The van der Waals surface area contributed by atoms with E-state index in [-0.39, 0.29) is 60.9 Å². The van der Waals surface area contributed by atoms with Crippen LogP contribution in [-0.2, 0) is 57.2 Å². The Hall–Kier alpha value is -7.87. The van der Waals surface area contributed by atoms with Crippen molar-refractivity contribution < 1.29 is 66.8 Å². The number of rotatable bonds is 32. The third-order valence-electron chi connectivity index (χ3n) is 13.9. The first-order chi connectivity index (χ1) is 41.8. The summed E-state index contributed by atoms with van der Waals surface area (Å²) in [4.78, 5) is 104. The Bertz CT molecular complexity index is 2800. The summed E-state index contributed by atoms with van der Waals surface area (Å²) in [6, 6.07) is -2.45. The Balaban J connectivity index is 2.04. The number of halogens is 1. The normalized spacial score (nSPS) is 19.0. The van der Waals surface area contributed by atoms with E-state index in [0.717, 1.165) is 16.7 Å². The Labute approximate surface area is 532 Å². The lowest BCUT2D eigenvalue weighted by atomic mass is 9.86. The molecule has 2 rings (SSSR count). The molecule has 0 radical (unpaired) electrons. The molecule has 0 aliphatic carbocycles. The predicted octanol–water partition coefficient (Wildman–Crippen LogP) is 11.4. The summed E-state index contributed by atoms with van der Waals surface area (Å²) in [6.07, 6.45) is 29.2. The molecule has 6 amide bonds. The third kappa shape index (κ3) is 31.2. The van der Waals surface area contributed by atoms with E-state index in [1.807, 2.05) is 127 Å². The van der Waals surface area contributed by atoms with Gasteiger partial charge in [-0.2, -0.15) is 0 Å². The first-order valence-corrected chi connectivity index (χ1v) is 30.5. The van der Waals surface area contributed by atoms with Crippen LogP contribution in [0.15, 0.2) is 143 Å². The number of allylic oxidation sites excluding steroid dienone is 10. The lowest BCUT2D eigenvalue weighted by molar-refractivity contribution is -0.152. The minimum absolute atomic E-state index is 0.0651. The largest absolute Gasteiger partial charge is 0.490 e. The molecule has 492 valence electrons. The molecule has 20 nitrogen and oxygen atoms in total. The molecule has 0 fully saturated rings. The molecule has 9 unspecified atom stereocenters. The fourth-order valence-corrected chi connectivity index (χ4v) is 9.17. The van der Waals surface area contributed by atoms with Crippen LogP contribution in [0.3, 0.4) is 0 Å². The van der Waals surface area contributed by atoms with Gasteiger partial charge in [0.25, 0.3) is 0 Å². The molecular formula is C68H99ClN6O14. The first kappa shape index (κ1) is 77.2. The molecule has 0 saturated heterocycles. The van der Waals surface area contributed by atoms with Gasteiger partial charge in [0.15, 0.2) is 11.5 Å². The maximum Gasteiger partial charge on any atom is 0.407 e. The first-order valence-electron chi connectivity index (χ1n) is 30.1. The molecular weight excluding hydrogens is 1160 g/mol. The van der Waals surface area contributed by atoms with Gasteiger partial charge in [-0.3, -0.25) is 19.2 Å². The SMILES string of the molecule is C/C=C(/CC(C)NC(=O)OC(C/C=C\NC(=O)C(NC(=O)/C=C/C=C/C(C)=C/C(C)C1CC=C(OC)C(=O)O1)C(C)(C)C)C/C=C(\C)Cl)CC(C/C=C\NC(=O)C(NC(=O)/C=C/C=C/C(C)=C/C(C)C1CC=C(OC)C(=O)O1)C(C)(C)C)OC(=O)NC(C)C. The van der Waals surface area contributed by atoms with E-state index in [1.54, 1.807) is 61.6 Å². The molecule has 0 aromatic heterocycles. The zero-order chi connectivity index (χ0) is 67.0. The quantitative estimate of drug-likeness (QED) is 0.0120. The van der Waals surface area contributed by atoms with E-state index in [9.17, 15) is 38.4 Å². The van der Waals surface area contributed by atoms with Crippen LogP contribution in [0, 0.1) is 22.7 Å². The van der Waals surface area contributed by atoms with Crippen molar-refractivity contribution in [3.05, 3.63) is 143 Å². The van der Waals surface area contributed by atoms with Crippen molar-refractivity contribution in [1.29, 1.82) is 0 Å². The predicted molar refractivity (Wildman–Crippen MR) is 347 cm³/mol. The lowest BCUT2D eigenvalue weighted by Crippen LogP contribution is -2.52. The van der Waals surface area contributed by atoms with Gasteiger partial charge in [0.05, 0.1) is 14.2 Å². The number of carbonyl (C=O) groups excluding carboxylic acids is 8. The lowest BCUT2D eigenvalue weighted by Gasteiger charge is -2.29. The zero-order valence-corrected chi connectivity index (χ0v) is 56.0. The number of esters is 2. The van der Waals surface area contributed by atoms with E-state index >= 15 is 0 Å². The molecule has 9 atom stereocenters. The number of carbonyl (C=O) groups is 8. The average molecular weight is 1260 g/mol. The Morgan fingerprint density at radius 1 is 0.607 bits per heavy atom. The summed E-state index contributed by atoms with van der Waals surface area (Å²) in [5.41, 5.74) is 1.33. The molecule has 2 heterocycles. The van der Waals surface area contributed by atoms with Gasteiger partial charge in [-0.1, -0.05) is 157 Å². The number of ether oxygens (including phenoxy) is 6. The van der Waals surface area contributed by atoms with Gasteiger partial charge in [0.2, 0.25) is 23.6 Å². The van der Waals surface area contributed by atoms with Crippen molar-refractivity contribution in [2.24, 2.45) is 22.7 Å². The van der Waals surface area contributed by atoms with Gasteiger partial charge < -0.3 is 60.3 Å². The number of hydrogen-bond donors (Lipinski definition) is 6. The van der Waals surface area contributed by atoms with Crippen LogP contribution >= 0.6 is 11.6 Å². The second-order valence-electron chi connectivity index (χ2n) is 24.6. The topological polar surface area (TPSA) is 264 Å². The summed E-state index contributed by atoms with van der Waals surface area (Å²) in [6.45, 7) is 27.7. The molecule has 2 aliphatic rings. The van der Waals surface area contributed by atoms with E-state index in [2.05, 4.69) is 31.9 Å². The van der Waals surface area contributed by atoms with Crippen LogP contribution < -0.4 is 31.9 Å². The van der Waals surface area contributed by atoms with Gasteiger partial charge in [0.1, 0.15) is 36.5 Å². The second-order valence-corrected chi connectivity index (χ2v) is 25.2. The monoisotopic (exact) mass is 1260 g/mol. The molecule has 0 bridgehead atoms. The van der Waals surface area contributed by atoms with Gasteiger partial charge in [-0.25, -0.2) is 19.2 Å². The van der Waals surface area contributed by atoms with Gasteiger partial charge in [-0.05, 0) is 90.3 Å². The molecule has 0 aromatic carbocycles. The maximum atomic E-state index is 13.6. The zero-order valence-electron chi connectivity index (χ0n) is 55.2. The van der Waals surface area contributed by atoms with Crippen molar-refractivity contribution >= 4 is 59.4 Å². The molecule has 0 saturated carbocycles. The Morgan fingerprint density at radius 2 is 1.02 bits per heavy atom. The Morgan fingerprint density at radius 3 is 1.42 bits per heavy atom. The number of alkyl carbamates (subject to hydrolysis) is 2. The van der Waals surface area contributed by atoms with Crippen molar-refractivity contribution in [2.45, 2.75) is 197 Å². The second kappa shape index (κ2) is 39.2. The third-order valence-corrected chi connectivity index (χ3v) is 14.0. The van der Waals surface area contributed by atoms with E-state index in [4.69, 9.17) is 40.0 Å². The Kier molecular flexibility index (Phi) is 34.0. The summed E-state index contributed by atoms with van der Waals surface area (Å²) >= 11 is 6.17. The summed E-state index contributed by atoms with van der Waals surface area (Å²) in [5.74, 6) is -2.57. The van der Waals surface area contributed by atoms with Crippen molar-refractivity contribution in [1.82, 2.24) is 31.9 Å². The minimum Gasteiger partial charge on any atom is -0.490 e. The molecule has 21 heteroatoms. The minimum atomic E-state index is -0.919. The highest BCUT2D eigenvalue weighted by Crippen LogP contribution is 2.26. The number of amides is 6. The molecule has 89 heavy (non-hydrogen) atoms. The highest BCUT2D eigenvalue weighted by atomic mass is 35.5. The highest BCUT2D eigenvalue weighted by Gasteiger charge is 2.34. The summed E-state index contributed by atoms with van der Waals surface area (Å²) < 4.78 is 32.7. The molecule has 6 N–H and O–H groups in total. The van der Waals surface area contributed by atoms with Crippen LogP contribution in [0.25, 0.3) is 0 Å². The summed E-state index contributed by atoms with van der Waals surface area (Å²) in [5, 5.41) is 17.2. The average Bonchev–Trinajstić information content (AvgIpc) is 2.97. The fraction of sp³-hybridized carbons (Fsp3) is 0.529.